The van der Waals surface area contributed by atoms with Crippen molar-refractivity contribution in [1.29, 1.82) is 0 Å². The van der Waals surface area contributed by atoms with E-state index in [0.717, 1.165) is 38.3 Å². The number of rotatable bonds is 6. The van der Waals surface area contributed by atoms with Gasteiger partial charge in [-0.1, -0.05) is 30.3 Å². The number of hydrogen-bond acceptors (Lipinski definition) is 4. The minimum absolute atomic E-state index is 0.108. The minimum atomic E-state index is -0.925. The number of carbonyl (C=O) groups excluding carboxylic acids is 1. The van der Waals surface area contributed by atoms with Crippen LogP contribution in [0.15, 0.2) is 30.3 Å². The molecule has 2 amide bonds. The normalized spacial score (nSPS) is 25.6. The molecule has 2 N–H and O–H groups in total. The molecule has 0 radical (unpaired) electrons. The van der Waals surface area contributed by atoms with Crippen molar-refractivity contribution in [2.24, 2.45) is 0 Å². The van der Waals surface area contributed by atoms with Crippen LogP contribution in [-0.4, -0.2) is 83.3 Å². The first-order chi connectivity index (χ1) is 11.9. The number of aliphatic hydroxyl groups is 1. The predicted molar refractivity (Wildman–Crippen MR) is 98.3 cm³/mol. The van der Waals surface area contributed by atoms with Crippen LogP contribution in [0.4, 0.5) is 4.79 Å². The van der Waals surface area contributed by atoms with E-state index in [-0.39, 0.29) is 6.03 Å². The summed E-state index contributed by atoms with van der Waals surface area (Å²) in [7, 11) is 0. The summed E-state index contributed by atoms with van der Waals surface area (Å²) in [5.74, 6) is 0. The zero-order chi connectivity index (χ0) is 17.9. The lowest BCUT2D eigenvalue weighted by molar-refractivity contribution is 0.0131. The summed E-state index contributed by atoms with van der Waals surface area (Å²) in [6.45, 7) is 10.4. The molecule has 1 unspecified atom stereocenters. The average molecular weight is 346 g/mol. The van der Waals surface area contributed by atoms with E-state index in [9.17, 15) is 9.90 Å². The fraction of sp³-hybridized carbons (Fsp3) is 0.632. The summed E-state index contributed by atoms with van der Waals surface area (Å²) >= 11 is 0. The van der Waals surface area contributed by atoms with Crippen molar-refractivity contribution in [3.05, 3.63) is 35.9 Å². The lowest BCUT2D eigenvalue weighted by Gasteiger charge is -2.47. The Morgan fingerprint density at radius 3 is 2.48 bits per heavy atom. The van der Waals surface area contributed by atoms with Crippen LogP contribution in [0.25, 0.3) is 0 Å². The van der Waals surface area contributed by atoms with Gasteiger partial charge in [0.1, 0.15) is 0 Å². The molecule has 2 bridgehead atoms. The van der Waals surface area contributed by atoms with Crippen LogP contribution in [0.5, 0.6) is 0 Å². The van der Waals surface area contributed by atoms with Crippen molar-refractivity contribution in [1.82, 2.24) is 20.0 Å². The molecule has 6 nitrogen and oxygen atoms in total. The molecule has 3 aliphatic rings. The fourth-order valence-corrected chi connectivity index (χ4v) is 3.71. The molecule has 3 fully saturated rings. The van der Waals surface area contributed by atoms with Crippen LogP contribution in [0.2, 0.25) is 0 Å². The van der Waals surface area contributed by atoms with E-state index >= 15 is 0 Å². The van der Waals surface area contributed by atoms with Crippen molar-refractivity contribution in [2.45, 2.75) is 32.0 Å². The Morgan fingerprint density at radius 1 is 1.24 bits per heavy atom. The molecule has 1 aromatic carbocycles. The van der Waals surface area contributed by atoms with E-state index in [1.165, 1.54) is 0 Å². The van der Waals surface area contributed by atoms with Crippen LogP contribution in [-0.2, 0) is 6.54 Å². The summed E-state index contributed by atoms with van der Waals surface area (Å²) < 4.78 is 0. The van der Waals surface area contributed by atoms with Crippen LogP contribution in [0, 0.1) is 0 Å². The number of amides is 2. The SMILES string of the molecule is CC(C)(O)CN(Cc1ccccc1)C(=O)NCC1CN2CCN1CC2. The molecule has 0 saturated carbocycles. The highest BCUT2D eigenvalue weighted by Gasteiger charge is 2.32. The van der Waals surface area contributed by atoms with Crippen LogP contribution >= 0.6 is 0 Å². The first kappa shape index (κ1) is 18.2. The lowest BCUT2D eigenvalue weighted by Crippen LogP contribution is -2.64. The van der Waals surface area contributed by atoms with Crippen molar-refractivity contribution in [2.75, 3.05) is 45.8 Å². The molecule has 138 valence electrons. The number of piperazine rings is 3. The Labute approximate surface area is 150 Å². The highest BCUT2D eigenvalue weighted by Crippen LogP contribution is 2.15. The van der Waals surface area contributed by atoms with Gasteiger partial charge in [0.05, 0.1) is 12.1 Å². The average Bonchev–Trinajstić information content (AvgIpc) is 2.60. The van der Waals surface area contributed by atoms with Crippen molar-refractivity contribution >= 4 is 6.03 Å². The molecule has 0 aliphatic carbocycles. The van der Waals surface area contributed by atoms with Gasteiger partial charge in [-0.15, -0.1) is 0 Å². The summed E-state index contributed by atoms with van der Waals surface area (Å²) in [5, 5.41) is 13.3. The standard InChI is InChI=1S/C19H30N4O2/c1-19(2,25)15-23(13-16-6-4-3-5-7-16)18(24)20-12-17-14-21-8-10-22(17)11-9-21/h3-7,17,25H,8-15H2,1-2H3,(H,20,24). The third-order valence-corrected chi connectivity index (χ3v) is 4.96. The number of fused-ring (bicyclic) bond motifs is 3. The maximum absolute atomic E-state index is 12.7. The Kier molecular flexibility index (Phi) is 5.61. The van der Waals surface area contributed by atoms with E-state index < -0.39 is 5.60 Å². The van der Waals surface area contributed by atoms with Gasteiger partial charge in [0.2, 0.25) is 0 Å². The molecular weight excluding hydrogens is 316 g/mol. The third-order valence-electron chi connectivity index (χ3n) is 4.96. The molecule has 1 aromatic rings. The maximum atomic E-state index is 12.7. The second kappa shape index (κ2) is 7.72. The molecule has 0 spiro atoms. The van der Waals surface area contributed by atoms with E-state index in [4.69, 9.17) is 0 Å². The minimum Gasteiger partial charge on any atom is -0.389 e. The lowest BCUT2D eigenvalue weighted by atomic mass is 10.1. The molecule has 0 aromatic heterocycles. The Morgan fingerprint density at radius 2 is 1.92 bits per heavy atom. The number of urea groups is 1. The van der Waals surface area contributed by atoms with Gasteiger partial charge in [0.15, 0.2) is 0 Å². The molecule has 3 saturated heterocycles. The molecule has 3 aliphatic heterocycles. The molecule has 25 heavy (non-hydrogen) atoms. The number of benzene rings is 1. The summed E-state index contributed by atoms with van der Waals surface area (Å²) in [4.78, 5) is 19.4. The monoisotopic (exact) mass is 346 g/mol. The number of nitrogens with zero attached hydrogens (tertiary/aromatic N) is 3. The second-order valence-electron chi connectivity index (χ2n) is 7.83. The van der Waals surface area contributed by atoms with E-state index in [2.05, 4.69) is 15.1 Å². The Hall–Kier alpha value is -1.63. The zero-order valence-corrected chi connectivity index (χ0v) is 15.3. The number of hydrogen-bond donors (Lipinski definition) is 2. The van der Waals surface area contributed by atoms with Gasteiger partial charge in [-0.3, -0.25) is 9.80 Å². The number of carbonyl (C=O) groups is 1. The quantitative estimate of drug-likeness (QED) is 0.806. The molecule has 6 heteroatoms. The van der Waals surface area contributed by atoms with Gasteiger partial charge in [-0.2, -0.15) is 0 Å². The first-order valence-electron chi connectivity index (χ1n) is 9.16. The van der Waals surface area contributed by atoms with Gasteiger partial charge in [0.25, 0.3) is 0 Å². The first-order valence-corrected chi connectivity index (χ1v) is 9.16. The predicted octanol–water partition coefficient (Wildman–Crippen LogP) is 0.969. The van der Waals surface area contributed by atoms with E-state index in [1.807, 2.05) is 30.3 Å². The van der Waals surface area contributed by atoms with Gasteiger partial charge in [-0.25, -0.2) is 4.79 Å². The molecule has 3 heterocycles. The summed E-state index contributed by atoms with van der Waals surface area (Å²) in [5.41, 5.74) is 0.138. The van der Waals surface area contributed by atoms with Gasteiger partial charge < -0.3 is 15.3 Å². The molecule has 1 atom stereocenters. The van der Waals surface area contributed by atoms with E-state index in [0.29, 0.717) is 25.7 Å². The van der Waals surface area contributed by atoms with Crippen molar-refractivity contribution in [3.8, 4) is 0 Å². The smallest absolute Gasteiger partial charge is 0.317 e. The van der Waals surface area contributed by atoms with Crippen LogP contribution < -0.4 is 5.32 Å². The fourth-order valence-electron chi connectivity index (χ4n) is 3.71. The van der Waals surface area contributed by atoms with Gasteiger partial charge in [-0.05, 0) is 19.4 Å². The topological polar surface area (TPSA) is 59.1 Å². The molecule has 4 rings (SSSR count). The van der Waals surface area contributed by atoms with Crippen LogP contribution in [0.1, 0.15) is 19.4 Å². The Balaban J connectivity index is 1.58. The van der Waals surface area contributed by atoms with Gasteiger partial charge in [0, 0.05) is 51.9 Å². The van der Waals surface area contributed by atoms with E-state index in [1.54, 1.807) is 18.7 Å². The Bertz CT molecular complexity index is 565. The third kappa shape index (κ3) is 5.17. The summed E-state index contributed by atoms with van der Waals surface area (Å²) in [6, 6.07) is 10.2. The highest BCUT2D eigenvalue weighted by molar-refractivity contribution is 5.74. The molecular formula is C19H30N4O2. The highest BCUT2D eigenvalue weighted by atomic mass is 16.3. The summed E-state index contributed by atoms with van der Waals surface area (Å²) in [6.07, 6.45) is 0. The second-order valence-corrected chi connectivity index (χ2v) is 7.83. The van der Waals surface area contributed by atoms with Crippen LogP contribution in [0.3, 0.4) is 0 Å². The zero-order valence-electron chi connectivity index (χ0n) is 15.3. The largest absolute Gasteiger partial charge is 0.389 e. The van der Waals surface area contributed by atoms with Gasteiger partial charge >= 0.3 is 6.03 Å². The number of nitrogens with one attached hydrogen (secondary N) is 1. The van der Waals surface area contributed by atoms with Crippen molar-refractivity contribution < 1.29 is 9.90 Å². The maximum Gasteiger partial charge on any atom is 0.317 e. The van der Waals surface area contributed by atoms with Crippen molar-refractivity contribution in [3.63, 3.8) is 0 Å².